The Balaban J connectivity index is 1.75. The van der Waals surface area contributed by atoms with Crippen molar-refractivity contribution in [2.24, 2.45) is 0 Å². The Bertz CT molecular complexity index is 814. The molecule has 0 aromatic heterocycles. The summed E-state index contributed by atoms with van der Waals surface area (Å²) in [7, 11) is 3.23. The molecular formula is C19H22FN3O5. The number of carbonyl (C=O) groups excluding carboxylic acids is 1. The van der Waals surface area contributed by atoms with Crippen LogP contribution >= 0.6 is 0 Å². The van der Waals surface area contributed by atoms with Gasteiger partial charge in [-0.1, -0.05) is 0 Å². The highest BCUT2D eigenvalue weighted by Crippen LogP contribution is 2.29. The lowest BCUT2D eigenvalue weighted by atomic mass is 10.2. The summed E-state index contributed by atoms with van der Waals surface area (Å²) >= 11 is 0. The maximum atomic E-state index is 12.8. The second kappa shape index (κ2) is 10.2. The lowest BCUT2D eigenvalue weighted by Crippen LogP contribution is -2.28. The molecule has 1 N–H and O–H groups in total. The number of nitrogens with one attached hydrogen (secondary N) is 1. The molecule has 9 heteroatoms. The third-order valence-corrected chi connectivity index (χ3v) is 3.95. The first-order valence-corrected chi connectivity index (χ1v) is 8.58. The van der Waals surface area contributed by atoms with Gasteiger partial charge in [-0.05, 0) is 37.4 Å². The minimum atomic E-state index is -0.531. The number of hydrogen-bond donors (Lipinski definition) is 1. The number of halogens is 1. The Morgan fingerprint density at radius 1 is 1.21 bits per heavy atom. The van der Waals surface area contributed by atoms with Gasteiger partial charge < -0.3 is 19.7 Å². The van der Waals surface area contributed by atoms with Gasteiger partial charge in [0.05, 0.1) is 23.8 Å². The van der Waals surface area contributed by atoms with Crippen LogP contribution in [-0.2, 0) is 4.79 Å². The van der Waals surface area contributed by atoms with E-state index in [1.54, 1.807) is 12.1 Å². The first-order chi connectivity index (χ1) is 13.4. The highest BCUT2D eigenvalue weighted by atomic mass is 19.1. The summed E-state index contributed by atoms with van der Waals surface area (Å²) in [4.78, 5) is 24.3. The second-order valence-electron chi connectivity index (χ2n) is 6.05. The number of ether oxygens (including phenoxy) is 2. The Kier molecular flexibility index (Phi) is 7.70. The van der Waals surface area contributed by atoms with Gasteiger partial charge in [-0.3, -0.25) is 14.9 Å². The monoisotopic (exact) mass is 391 g/mol. The van der Waals surface area contributed by atoms with Crippen molar-refractivity contribution in [1.82, 2.24) is 4.90 Å². The molecule has 0 aliphatic carbocycles. The fourth-order valence-corrected chi connectivity index (χ4v) is 2.36. The van der Waals surface area contributed by atoms with Crippen molar-refractivity contribution in [1.29, 1.82) is 0 Å². The average Bonchev–Trinajstić information content (AvgIpc) is 2.68. The molecule has 8 nitrogen and oxygen atoms in total. The van der Waals surface area contributed by atoms with Crippen molar-refractivity contribution in [3.63, 3.8) is 0 Å². The van der Waals surface area contributed by atoms with E-state index in [0.717, 1.165) is 0 Å². The van der Waals surface area contributed by atoms with Crippen molar-refractivity contribution in [3.05, 3.63) is 58.4 Å². The number of amides is 1. The largest absolute Gasteiger partial charge is 0.494 e. The summed E-state index contributed by atoms with van der Waals surface area (Å²) in [5.74, 6) is 0.250. The van der Waals surface area contributed by atoms with Crippen molar-refractivity contribution in [2.75, 3.05) is 39.2 Å². The van der Waals surface area contributed by atoms with Crippen molar-refractivity contribution >= 4 is 17.3 Å². The molecular weight excluding hydrogens is 369 g/mol. The summed E-state index contributed by atoms with van der Waals surface area (Å²) in [5, 5.41) is 13.5. The Hall–Kier alpha value is -3.20. The van der Waals surface area contributed by atoms with Gasteiger partial charge in [0.2, 0.25) is 5.91 Å². The van der Waals surface area contributed by atoms with Gasteiger partial charge in [0.1, 0.15) is 23.9 Å². The molecule has 28 heavy (non-hydrogen) atoms. The van der Waals surface area contributed by atoms with E-state index in [2.05, 4.69) is 5.32 Å². The standard InChI is InChI=1S/C19H22FN3O5/c1-22(11-12-28-16-6-3-14(20)4-7-16)10-9-19(24)21-17-8-5-15(23(25)26)13-18(17)27-2/h3-8,13H,9-12H2,1-2H3,(H,21,24). The van der Waals surface area contributed by atoms with E-state index in [0.29, 0.717) is 31.1 Å². The smallest absolute Gasteiger partial charge is 0.273 e. The van der Waals surface area contributed by atoms with E-state index in [-0.39, 0.29) is 29.6 Å². The minimum absolute atomic E-state index is 0.115. The molecule has 2 aromatic rings. The zero-order valence-corrected chi connectivity index (χ0v) is 15.7. The van der Waals surface area contributed by atoms with Gasteiger partial charge in [0.25, 0.3) is 5.69 Å². The third-order valence-electron chi connectivity index (χ3n) is 3.95. The Labute approximate surface area is 162 Å². The maximum absolute atomic E-state index is 12.8. The Morgan fingerprint density at radius 3 is 2.57 bits per heavy atom. The molecule has 0 unspecified atom stereocenters. The zero-order valence-electron chi connectivity index (χ0n) is 15.7. The number of carbonyl (C=O) groups is 1. The SMILES string of the molecule is COc1cc([N+](=O)[O-])ccc1NC(=O)CCN(C)CCOc1ccc(F)cc1. The molecule has 0 aliphatic rings. The number of non-ortho nitro benzene ring substituents is 1. The summed E-state index contributed by atoms with van der Waals surface area (Å²) in [6.07, 6.45) is 0.229. The van der Waals surface area contributed by atoms with Gasteiger partial charge in [0.15, 0.2) is 0 Å². The molecule has 0 fully saturated rings. The van der Waals surface area contributed by atoms with Gasteiger partial charge in [-0.15, -0.1) is 0 Å². The van der Waals surface area contributed by atoms with Crippen molar-refractivity contribution in [2.45, 2.75) is 6.42 Å². The van der Waals surface area contributed by atoms with Crippen LogP contribution in [0.1, 0.15) is 6.42 Å². The molecule has 1 amide bonds. The van der Waals surface area contributed by atoms with Crippen LogP contribution in [0.15, 0.2) is 42.5 Å². The van der Waals surface area contributed by atoms with E-state index in [4.69, 9.17) is 9.47 Å². The van der Waals surface area contributed by atoms with Crippen LogP contribution in [0.3, 0.4) is 0 Å². The summed E-state index contributed by atoms with van der Waals surface area (Å²) in [6, 6.07) is 9.77. The molecule has 0 atom stereocenters. The highest BCUT2D eigenvalue weighted by Gasteiger charge is 2.13. The van der Waals surface area contributed by atoms with E-state index >= 15 is 0 Å². The number of rotatable bonds is 10. The van der Waals surface area contributed by atoms with E-state index < -0.39 is 4.92 Å². The first kappa shape index (κ1) is 21.1. The summed E-state index contributed by atoms with van der Waals surface area (Å²) < 4.78 is 23.4. The molecule has 0 spiro atoms. The van der Waals surface area contributed by atoms with E-state index in [1.165, 1.54) is 37.4 Å². The molecule has 2 aromatic carbocycles. The van der Waals surface area contributed by atoms with Gasteiger partial charge in [-0.2, -0.15) is 0 Å². The van der Waals surface area contributed by atoms with Crippen LogP contribution in [0.25, 0.3) is 0 Å². The maximum Gasteiger partial charge on any atom is 0.273 e. The molecule has 0 saturated heterocycles. The predicted molar refractivity (Wildman–Crippen MR) is 102 cm³/mol. The number of nitro benzene ring substituents is 1. The van der Waals surface area contributed by atoms with E-state index in [9.17, 15) is 19.3 Å². The van der Waals surface area contributed by atoms with Crippen LogP contribution in [0.4, 0.5) is 15.8 Å². The fourth-order valence-electron chi connectivity index (χ4n) is 2.36. The van der Waals surface area contributed by atoms with Gasteiger partial charge in [-0.25, -0.2) is 4.39 Å². The van der Waals surface area contributed by atoms with Gasteiger partial charge in [0, 0.05) is 25.6 Å². The molecule has 0 saturated carbocycles. The number of methoxy groups -OCH3 is 1. The first-order valence-electron chi connectivity index (χ1n) is 8.58. The van der Waals surface area contributed by atoms with Crippen LogP contribution in [-0.4, -0.2) is 49.6 Å². The molecule has 0 bridgehead atoms. The predicted octanol–water partition coefficient (Wildman–Crippen LogP) is 3.08. The van der Waals surface area contributed by atoms with Crippen LogP contribution in [0.5, 0.6) is 11.5 Å². The third kappa shape index (κ3) is 6.51. The minimum Gasteiger partial charge on any atom is -0.494 e. The summed E-state index contributed by atoms with van der Waals surface area (Å²) in [5.41, 5.74) is 0.260. The van der Waals surface area contributed by atoms with Crippen molar-refractivity contribution in [3.8, 4) is 11.5 Å². The Morgan fingerprint density at radius 2 is 1.93 bits per heavy atom. The van der Waals surface area contributed by atoms with Gasteiger partial charge >= 0.3 is 0 Å². The highest BCUT2D eigenvalue weighted by molar-refractivity contribution is 5.92. The number of hydrogen-bond acceptors (Lipinski definition) is 6. The average molecular weight is 391 g/mol. The molecule has 0 aliphatic heterocycles. The second-order valence-corrected chi connectivity index (χ2v) is 6.05. The van der Waals surface area contributed by atoms with E-state index in [1.807, 2.05) is 11.9 Å². The van der Waals surface area contributed by atoms with Crippen LogP contribution in [0.2, 0.25) is 0 Å². The lowest BCUT2D eigenvalue weighted by molar-refractivity contribution is -0.384. The van der Waals surface area contributed by atoms with Crippen LogP contribution < -0.4 is 14.8 Å². The number of likely N-dealkylation sites (N-methyl/N-ethyl adjacent to an activating group) is 1. The molecule has 0 heterocycles. The normalized spacial score (nSPS) is 10.6. The quantitative estimate of drug-likeness (QED) is 0.494. The lowest BCUT2D eigenvalue weighted by Gasteiger charge is -2.17. The number of benzene rings is 2. The number of nitro groups is 1. The molecule has 0 radical (unpaired) electrons. The fraction of sp³-hybridized carbons (Fsp3) is 0.316. The van der Waals surface area contributed by atoms with Crippen LogP contribution in [0, 0.1) is 15.9 Å². The molecule has 150 valence electrons. The summed E-state index contributed by atoms with van der Waals surface area (Å²) in [6.45, 7) is 1.49. The topological polar surface area (TPSA) is 93.9 Å². The number of nitrogens with zero attached hydrogens (tertiary/aromatic N) is 2. The zero-order chi connectivity index (χ0) is 20.5. The van der Waals surface area contributed by atoms with Crippen molar-refractivity contribution < 1.29 is 23.6 Å². The molecule has 2 rings (SSSR count). The number of anilines is 1.